The molecule has 2 nitrogen and oxygen atoms in total. The maximum Gasteiger partial charge on any atom is 0.138 e. The summed E-state index contributed by atoms with van der Waals surface area (Å²) >= 11 is 6.36. The van der Waals surface area contributed by atoms with E-state index in [1.54, 1.807) is 11.8 Å². The molecule has 4 heteroatoms. The molecule has 0 spiro atoms. The number of allylic oxidation sites excluding steroid dienone is 1. The van der Waals surface area contributed by atoms with Crippen molar-refractivity contribution in [3.8, 4) is 6.07 Å². The highest BCUT2D eigenvalue weighted by Gasteiger charge is 2.09. The van der Waals surface area contributed by atoms with Gasteiger partial charge in [-0.25, -0.2) is 0 Å². The van der Waals surface area contributed by atoms with Crippen LogP contribution in [0.2, 0.25) is 0 Å². The summed E-state index contributed by atoms with van der Waals surface area (Å²) in [6.45, 7) is 0. The lowest BCUT2D eigenvalue weighted by molar-refractivity contribution is 1.19. The van der Waals surface area contributed by atoms with Gasteiger partial charge in [-0.1, -0.05) is 24.0 Å². The molecule has 0 aromatic carbocycles. The van der Waals surface area contributed by atoms with Crippen LogP contribution in [0.3, 0.4) is 0 Å². The van der Waals surface area contributed by atoms with Crippen molar-refractivity contribution in [2.75, 3.05) is 5.75 Å². The van der Waals surface area contributed by atoms with Gasteiger partial charge in [0.2, 0.25) is 0 Å². The van der Waals surface area contributed by atoms with E-state index in [9.17, 15) is 0 Å². The van der Waals surface area contributed by atoms with Gasteiger partial charge < -0.3 is 5.32 Å². The Labute approximate surface area is 62.9 Å². The first kappa shape index (κ1) is 6.59. The molecule has 1 aliphatic heterocycles. The fraction of sp³-hybridized carbons (Fsp3) is 0.200. The normalized spacial score (nSPS) is 21.7. The average Bonchev–Trinajstić information content (AvgIpc) is 2.17. The Bertz CT molecular complexity index is 201. The van der Waals surface area contributed by atoms with Crippen LogP contribution in [0.15, 0.2) is 11.8 Å². The van der Waals surface area contributed by atoms with E-state index in [4.69, 9.17) is 17.5 Å². The molecule has 1 aliphatic rings. The number of thioether (sulfide) groups is 1. The largest absolute Gasteiger partial charge is 0.343 e. The van der Waals surface area contributed by atoms with Gasteiger partial charge in [-0.2, -0.15) is 5.26 Å². The first-order valence-electron chi connectivity index (χ1n) is 2.35. The van der Waals surface area contributed by atoms with Crippen LogP contribution in [0.25, 0.3) is 0 Å². The third kappa shape index (κ3) is 1.70. The molecule has 1 heterocycles. The van der Waals surface area contributed by atoms with Gasteiger partial charge in [-0.15, -0.1) is 0 Å². The molecule has 0 atom stereocenters. The van der Waals surface area contributed by atoms with Gasteiger partial charge in [0.05, 0.1) is 6.07 Å². The lowest BCUT2D eigenvalue weighted by atomic mass is 10.5. The maximum atomic E-state index is 8.19. The molecule has 9 heavy (non-hydrogen) atoms. The molecule has 1 N–H and O–H groups in total. The molecule has 1 saturated heterocycles. The van der Waals surface area contributed by atoms with E-state index < -0.39 is 0 Å². The van der Waals surface area contributed by atoms with E-state index in [0.29, 0.717) is 0 Å². The van der Waals surface area contributed by atoms with Crippen molar-refractivity contribution in [3.05, 3.63) is 11.8 Å². The van der Waals surface area contributed by atoms with Gasteiger partial charge >= 0.3 is 0 Å². The molecule has 0 aromatic rings. The molecule has 1 fully saturated rings. The van der Waals surface area contributed by atoms with Gasteiger partial charge in [0.15, 0.2) is 0 Å². The number of hydrogen-bond acceptors (Lipinski definition) is 3. The molecule has 1 rings (SSSR count). The predicted molar refractivity (Wildman–Crippen MR) is 41.9 cm³/mol. The van der Waals surface area contributed by atoms with Crippen LogP contribution in [0, 0.1) is 11.3 Å². The maximum absolute atomic E-state index is 8.19. The van der Waals surface area contributed by atoms with Gasteiger partial charge in [0.25, 0.3) is 0 Å². The van der Waals surface area contributed by atoms with Crippen LogP contribution in [-0.2, 0) is 0 Å². The van der Waals surface area contributed by atoms with Crippen molar-refractivity contribution in [1.29, 1.82) is 5.26 Å². The Balaban J connectivity index is 2.60. The summed E-state index contributed by atoms with van der Waals surface area (Å²) in [6, 6.07) is 1.93. The molecule has 0 radical (unpaired) electrons. The van der Waals surface area contributed by atoms with Crippen LogP contribution in [0.1, 0.15) is 0 Å². The average molecular weight is 156 g/mol. The predicted octanol–water partition coefficient (Wildman–Crippen LogP) is 1.02. The van der Waals surface area contributed by atoms with Crippen molar-refractivity contribution >= 4 is 28.3 Å². The number of nitrogens with zero attached hydrogens (tertiary/aromatic N) is 1. The zero-order valence-electron chi connectivity index (χ0n) is 4.55. The van der Waals surface area contributed by atoms with E-state index >= 15 is 0 Å². The highest BCUT2D eigenvalue weighted by molar-refractivity contribution is 8.23. The van der Waals surface area contributed by atoms with Crippen LogP contribution in [-0.4, -0.2) is 10.1 Å². The molecule has 0 saturated carbocycles. The first-order chi connectivity index (χ1) is 4.33. The van der Waals surface area contributed by atoms with E-state index in [1.165, 1.54) is 6.08 Å². The second-order valence-electron chi connectivity index (χ2n) is 1.50. The Kier molecular flexibility index (Phi) is 2.09. The second-order valence-corrected chi connectivity index (χ2v) is 3.15. The van der Waals surface area contributed by atoms with Gasteiger partial charge in [0.1, 0.15) is 4.32 Å². The van der Waals surface area contributed by atoms with Gasteiger partial charge in [-0.3, -0.25) is 0 Å². The van der Waals surface area contributed by atoms with Crippen molar-refractivity contribution in [1.82, 2.24) is 5.32 Å². The zero-order chi connectivity index (χ0) is 6.69. The van der Waals surface area contributed by atoms with Crippen LogP contribution in [0.5, 0.6) is 0 Å². The molecule has 0 aromatic heterocycles. The molecule has 46 valence electrons. The highest BCUT2D eigenvalue weighted by atomic mass is 32.2. The second kappa shape index (κ2) is 2.85. The van der Waals surface area contributed by atoms with Crippen LogP contribution < -0.4 is 5.32 Å². The summed E-state index contributed by atoms with van der Waals surface area (Å²) in [5, 5.41) is 11.1. The first-order valence-corrected chi connectivity index (χ1v) is 3.75. The summed E-state index contributed by atoms with van der Waals surface area (Å²) in [5.41, 5.74) is 0.910. The summed E-state index contributed by atoms with van der Waals surface area (Å²) in [4.78, 5) is 0. The number of nitrogens with one attached hydrogen (secondary N) is 1. The standard InChI is InChI=1S/C5H4N2S2/c6-2-1-4-3-9-5(8)7-4/h1H,3H2,(H,7,8)/b4-1-. The molecule has 0 unspecified atom stereocenters. The third-order valence-electron chi connectivity index (χ3n) is 0.860. The van der Waals surface area contributed by atoms with Crippen molar-refractivity contribution < 1.29 is 0 Å². The SMILES string of the molecule is N#C/C=C1/CSC(=S)N1. The lowest BCUT2D eigenvalue weighted by Crippen LogP contribution is -2.08. The van der Waals surface area contributed by atoms with E-state index in [-0.39, 0.29) is 0 Å². The topological polar surface area (TPSA) is 35.8 Å². The molecular formula is C5H4N2S2. The summed E-state index contributed by atoms with van der Waals surface area (Å²) in [5.74, 6) is 0.812. The molecular weight excluding hydrogens is 152 g/mol. The number of rotatable bonds is 0. The van der Waals surface area contributed by atoms with Gasteiger partial charge in [0, 0.05) is 17.5 Å². The molecule has 0 amide bonds. The Morgan fingerprint density at radius 1 is 1.89 bits per heavy atom. The quantitative estimate of drug-likeness (QED) is 0.419. The van der Waals surface area contributed by atoms with Crippen molar-refractivity contribution in [2.24, 2.45) is 0 Å². The number of hydrogen-bond donors (Lipinski definition) is 1. The Morgan fingerprint density at radius 2 is 2.67 bits per heavy atom. The highest BCUT2D eigenvalue weighted by Crippen LogP contribution is 2.15. The minimum absolute atomic E-state index is 0.761. The molecule has 0 bridgehead atoms. The minimum atomic E-state index is 0.761. The van der Waals surface area contributed by atoms with Crippen LogP contribution in [0.4, 0.5) is 0 Å². The summed E-state index contributed by atoms with van der Waals surface area (Å²) in [7, 11) is 0. The van der Waals surface area contributed by atoms with E-state index in [2.05, 4.69) is 5.32 Å². The fourth-order valence-electron chi connectivity index (χ4n) is 0.502. The zero-order valence-corrected chi connectivity index (χ0v) is 6.18. The number of nitriles is 1. The Morgan fingerprint density at radius 3 is 3.11 bits per heavy atom. The van der Waals surface area contributed by atoms with Gasteiger partial charge in [-0.05, 0) is 0 Å². The smallest absolute Gasteiger partial charge is 0.138 e. The van der Waals surface area contributed by atoms with Crippen molar-refractivity contribution in [2.45, 2.75) is 0 Å². The third-order valence-corrected chi connectivity index (χ3v) is 2.14. The molecule has 0 aliphatic carbocycles. The fourth-order valence-corrected chi connectivity index (χ4v) is 1.46. The minimum Gasteiger partial charge on any atom is -0.343 e. The number of thiocarbonyl (C=S) groups is 1. The van der Waals surface area contributed by atoms with Crippen LogP contribution >= 0.6 is 24.0 Å². The Hall–Kier alpha value is -0.530. The summed E-state index contributed by atoms with van der Waals surface area (Å²) < 4.78 is 0.761. The van der Waals surface area contributed by atoms with Crippen molar-refractivity contribution in [3.63, 3.8) is 0 Å². The van der Waals surface area contributed by atoms with E-state index in [1.807, 2.05) is 6.07 Å². The van der Waals surface area contributed by atoms with E-state index in [0.717, 1.165) is 15.8 Å². The summed E-state index contributed by atoms with van der Waals surface area (Å²) in [6.07, 6.45) is 1.48. The monoisotopic (exact) mass is 156 g/mol. The lowest BCUT2D eigenvalue weighted by Gasteiger charge is -1.89.